The topological polar surface area (TPSA) is 73.8 Å². The highest BCUT2D eigenvalue weighted by molar-refractivity contribution is 7.89. The van der Waals surface area contributed by atoms with Crippen molar-refractivity contribution in [3.05, 3.63) is 53.2 Å². The lowest BCUT2D eigenvalue weighted by molar-refractivity contribution is 0.0773. The van der Waals surface area contributed by atoms with Gasteiger partial charge in [0.1, 0.15) is 5.82 Å². The van der Waals surface area contributed by atoms with Crippen LogP contribution in [0.3, 0.4) is 0 Å². The maximum atomic E-state index is 13.0. The first kappa shape index (κ1) is 21.5. The minimum atomic E-state index is -3.62. The van der Waals surface area contributed by atoms with Crippen molar-refractivity contribution in [2.75, 3.05) is 44.2 Å². The molecule has 0 bridgehead atoms. The van der Waals surface area contributed by atoms with Crippen LogP contribution in [-0.4, -0.2) is 67.8 Å². The van der Waals surface area contributed by atoms with Crippen LogP contribution in [0.25, 0.3) is 0 Å². The molecule has 0 unspecified atom stereocenters. The molecule has 0 saturated carbocycles. The van der Waals surface area contributed by atoms with Gasteiger partial charge in [-0.1, -0.05) is 11.6 Å². The van der Waals surface area contributed by atoms with Crippen molar-refractivity contribution < 1.29 is 13.2 Å². The van der Waals surface area contributed by atoms with E-state index < -0.39 is 10.0 Å². The average molecular weight is 437 g/mol. The second kappa shape index (κ2) is 9.11. The number of anilines is 1. The van der Waals surface area contributed by atoms with Gasteiger partial charge in [0.05, 0.1) is 9.92 Å². The molecule has 156 valence electrons. The molecule has 0 aliphatic carbocycles. The molecule has 1 aliphatic rings. The van der Waals surface area contributed by atoms with Crippen molar-refractivity contribution in [2.24, 2.45) is 0 Å². The van der Waals surface area contributed by atoms with Crippen LogP contribution in [0.4, 0.5) is 5.82 Å². The van der Waals surface area contributed by atoms with Gasteiger partial charge >= 0.3 is 0 Å². The molecule has 1 fully saturated rings. The fourth-order valence-corrected chi connectivity index (χ4v) is 5.03. The van der Waals surface area contributed by atoms with Crippen LogP contribution in [0.2, 0.25) is 5.02 Å². The number of pyridine rings is 1. The largest absolute Gasteiger partial charge is 0.353 e. The molecular weight excluding hydrogens is 412 g/mol. The molecule has 0 N–H and O–H groups in total. The minimum Gasteiger partial charge on any atom is -0.353 e. The number of rotatable bonds is 6. The predicted octanol–water partition coefficient (Wildman–Crippen LogP) is 2.73. The zero-order chi connectivity index (χ0) is 21.0. The molecule has 9 heteroatoms. The number of hydrogen-bond donors (Lipinski definition) is 0. The van der Waals surface area contributed by atoms with Gasteiger partial charge in [0.15, 0.2) is 0 Å². The molecule has 3 rings (SSSR count). The van der Waals surface area contributed by atoms with Crippen molar-refractivity contribution in [3.8, 4) is 0 Å². The van der Waals surface area contributed by atoms with Crippen LogP contribution < -0.4 is 4.90 Å². The van der Waals surface area contributed by atoms with Gasteiger partial charge in [0, 0.05) is 51.0 Å². The Hall–Kier alpha value is -2.16. The van der Waals surface area contributed by atoms with Gasteiger partial charge in [0.25, 0.3) is 5.91 Å². The van der Waals surface area contributed by atoms with Crippen LogP contribution in [0.1, 0.15) is 24.2 Å². The Morgan fingerprint density at radius 3 is 2.24 bits per heavy atom. The van der Waals surface area contributed by atoms with Crippen molar-refractivity contribution in [3.63, 3.8) is 0 Å². The van der Waals surface area contributed by atoms with Gasteiger partial charge in [0.2, 0.25) is 10.0 Å². The maximum Gasteiger partial charge on any atom is 0.253 e. The fraction of sp³-hybridized carbons (Fsp3) is 0.400. The Labute approximate surface area is 176 Å². The van der Waals surface area contributed by atoms with E-state index in [1.807, 2.05) is 18.7 Å². The first-order valence-corrected chi connectivity index (χ1v) is 11.4. The Morgan fingerprint density at radius 2 is 1.69 bits per heavy atom. The number of carbonyl (C=O) groups is 1. The van der Waals surface area contributed by atoms with Crippen molar-refractivity contribution in [1.29, 1.82) is 0 Å². The highest BCUT2D eigenvalue weighted by Gasteiger charge is 2.29. The maximum absolute atomic E-state index is 13.0. The number of benzene rings is 1. The van der Waals surface area contributed by atoms with Crippen LogP contribution >= 0.6 is 11.6 Å². The molecule has 29 heavy (non-hydrogen) atoms. The Balaban J connectivity index is 1.70. The Bertz CT molecular complexity index is 954. The molecule has 1 aromatic carbocycles. The Morgan fingerprint density at radius 1 is 1.07 bits per heavy atom. The SMILES string of the molecule is CCN(CC)C(=O)c1ccc(S(=O)(=O)N2CCN(c3ncccc3Cl)CC2)cc1. The molecule has 1 amide bonds. The van der Waals surface area contributed by atoms with Crippen LogP contribution in [0.5, 0.6) is 0 Å². The molecule has 0 atom stereocenters. The van der Waals surface area contributed by atoms with Gasteiger partial charge in [-0.25, -0.2) is 13.4 Å². The van der Waals surface area contributed by atoms with E-state index in [0.717, 1.165) is 0 Å². The van der Waals surface area contributed by atoms with E-state index in [0.29, 0.717) is 55.7 Å². The van der Waals surface area contributed by atoms with Crippen molar-refractivity contribution >= 4 is 33.3 Å². The van der Waals surface area contributed by atoms with Crippen molar-refractivity contribution in [2.45, 2.75) is 18.7 Å². The van der Waals surface area contributed by atoms with E-state index in [2.05, 4.69) is 4.98 Å². The molecule has 1 aromatic heterocycles. The first-order valence-electron chi connectivity index (χ1n) is 9.63. The van der Waals surface area contributed by atoms with E-state index in [1.54, 1.807) is 35.4 Å². The lowest BCUT2D eigenvalue weighted by atomic mass is 10.2. The molecule has 1 saturated heterocycles. The summed E-state index contributed by atoms with van der Waals surface area (Å²) in [5, 5.41) is 0.553. The molecule has 7 nitrogen and oxygen atoms in total. The average Bonchev–Trinajstić information content (AvgIpc) is 2.75. The van der Waals surface area contributed by atoms with Gasteiger partial charge < -0.3 is 9.80 Å². The highest BCUT2D eigenvalue weighted by Crippen LogP contribution is 2.25. The standard InChI is InChI=1S/C20H25ClN4O3S/c1-3-23(4-2)20(26)16-7-9-17(10-8-16)29(27,28)25-14-12-24(13-15-25)19-18(21)6-5-11-22-19/h5-11H,3-4,12-15H2,1-2H3. The van der Waals surface area contributed by atoms with E-state index in [9.17, 15) is 13.2 Å². The van der Waals surface area contributed by atoms with E-state index in [4.69, 9.17) is 11.6 Å². The van der Waals surface area contributed by atoms with Gasteiger partial charge in [-0.05, 0) is 50.2 Å². The predicted molar refractivity (Wildman–Crippen MR) is 114 cm³/mol. The number of piperazine rings is 1. The lowest BCUT2D eigenvalue weighted by Gasteiger charge is -2.35. The number of amides is 1. The fourth-order valence-electron chi connectivity index (χ4n) is 3.36. The summed E-state index contributed by atoms with van der Waals surface area (Å²) < 4.78 is 27.5. The van der Waals surface area contributed by atoms with Gasteiger partial charge in [-0.3, -0.25) is 4.79 Å². The number of sulfonamides is 1. The van der Waals surface area contributed by atoms with Crippen LogP contribution in [0, 0.1) is 0 Å². The smallest absolute Gasteiger partial charge is 0.253 e. The Kier molecular flexibility index (Phi) is 6.77. The van der Waals surface area contributed by atoms with E-state index in [1.165, 1.54) is 16.4 Å². The highest BCUT2D eigenvalue weighted by atomic mass is 35.5. The summed E-state index contributed by atoms with van der Waals surface area (Å²) in [7, 11) is -3.62. The van der Waals surface area contributed by atoms with Crippen molar-refractivity contribution in [1.82, 2.24) is 14.2 Å². The number of halogens is 1. The summed E-state index contributed by atoms with van der Waals surface area (Å²) in [5.41, 5.74) is 0.488. The minimum absolute atomic E-state index is 0.0974. The summed E-state index contributed by atoms with van der Waals surface area (Å²) in [6, 6.07) is 9.71. The number of hydrogen-bond acceptors (Lipinski definition) is 5. The second-order valence-electron chi connectivity index (χ2n) is 6.70. The third-order valence-electron chi connectivity index (χ3n) is 5.07. The summed E-state index contributed by atoms with van der Waals surface area (Å²) in [4.78, 5) is 20.6. The zero-order valence-electron chi connectivity index (χ0n) is 16.6. The first-order chi connectivity index (χ1) is 13.9. The quantitative estimate of drug-likeness (QED) is 0.696. The number of nitrogens with zero attached hydrogens (tertiary/aromatic N) is 4. The summed E-state index contributed by atoms with van der Waals surface area (Å²) >= 11 is 6.20. The number of carbonyl (C=O) groups excluding carboxylic acids is 1. The molecule has 1 aliphatic heterocycles. The summed E-state index contributed by atoms with van der Waals surface area (Å²) in [6.07, 6.45) is 1.67. The third-order valence-corrected chi connectivity index (χ3v) is 7.27. The van der Waals surface area contributed by atoms with Gasteiger partial charge in [-0.15, -0.1) is 0 Å². The van der Waals surface area contributed by atoms with Gasteiger partial charge in [-0.2, -0.15) is 4.31 Å². The molecule has 0 spiro atoms. The second-order valence-corrected chi connectivity index (χ2v) is 9.05. The van der Waals surface area contributed by atoms with E-state index in [-0.39, 0.29) is 10.8 Å². The summed E-state index contributed by atoms with van der Waals surface area (Å²) in [5.74, 6) is 0.574. The third kappa shape index (κ3) is 4.55. The van der Waals surface area contributed by atoms with Crippen LogP contribution in [0.15, 0.2) is 47.5 Å². The molecule has 0 radical (unpaired) electrons. The number of aromatic nitrogens is 1. The monoisotopic (exact) mass is 436 g/mol. The van der Waals surface area contributed by atoms with Crippen LogP contribution in [-0.2, 0) is 10.0 Å². The summed E-state index contributed by atoms with van der Waals surface area (Å²) in [6.45, 7) is 6.75. The zero-order valence-corrected chi connectivity index (χ0v) is 18.2. The molecule has 2 heterocycles. The lowest BCUT2D eigenvalue weighted by Crippen LogP contribution is -2.49. The molecular formula is C20H25ClN4O3S. The van der Waals surface area contributed by atoms with E-state index >= 15 is 0 Å². The normalized spacial score (nSPS) is 15.3. The molecule has 2 aromatic rings.